The molecule has 1 aromatic heterocycles. The Morgan fingerprint density at radius 3 is 2.32 bits per heavy atom. The Labute approximate surface area is 217 Å². The molecule has 0 radical (unpaired) electrons. The number of anilines is 1. The van der Waals surface area contributed by atoms with Gasteiger partial charge < -0.3 is 19.9 Å². The molecule has 2 aliphatic rings. The van der Waals surface area contributed by atoms with Gasteiger partial charge in [0.15, 0.2) is 0 Å². The fraction of sp³-hybridized carbons (Fsp3) is 0.393. The van der Waals surface area contributed by atoms with Gasteiger partial charge in [-0.2, -0.15) is 0 Å². The Morgan fingerprint density at radius 1 is 0.973 bits per heavy atom. The van der Waals surface area contributed by atoms with Crippen molar-refractivity contribution in [2.45, 2.75) is 18.9 Å². The first-order valence-electron chi connectivity index (χ1n) is 13.2. The van der Waals surface area contributed by atoms with E-state index in [2.05, 4.69) is 21.8 Å². The number of hydrogen-bond donors (Lipinski definition) is 2. The third kappa shape index (κ3) is 5.52. The summed E-state index contributed by atoms with van der Waals surface area (Å²) in [5.74, 6) is -1.57. The fourth-order valence-corrected chi connectivity index (χ4v) is 5.27. The van der Waals surface area contributed by atoms with Crippen LogP contribution in [0.4, 0.5) is 5.69 Å². The lowest BCUT2D eigenvalue weighted by molar-refractivity contribution is -0.131. The van der Waals surface area contributed by atoms with Gasteiger partial charge in [0, 0.05) is 55.2 Å². The van der Waals surface area contributed by atoms with Crippen molar-refractivity contribution < 1.29 is 20.9 Å². The summed E-state index contributed by atoms with van der Waals surface area (Å²) in [4.78, 5) is 49.4. The zero-order chi connectivity index (χ0) is 26.8. The van der Waals surface area contributed by atoms with E-state index in [4.69, 9.17) is 1.37 Å². The Kier molecular flexibility index (Phi) is 6.88. The van der Waals surface area contributed by atoms with E-state index in [0.29, 0.717) is 35.9 Å². The van der Waals surface area contributed by atoms with Crippen molar-refractivity contribution in [1.29, 1.82) is 0 Å². The normalized spacial score (nSPS) is 18.1. The van der Waals surface area contributed by atoms with Crippen LogP contribution in [-0.4, -0.2) is 101 Å². The predicted octanol–water partition coefficient (Wildman–Crippen LogP) is 2.75. The zero-order valence-corrected chi connectivity index (χ0v) is 21.0. The van der Waals surface area contributed by atoms with Gasteiger partial charge in [-0.1, -0.05) is 6.07 Å². The number of benzene rings is 2. The van der Waals surface area contributed by atoms with Crippen molar-refractivity contribution in [1.82, 2.24) is 19.7 Å². The molecule has 2 amide bonds. The lowest BCUT2D eigenvalue weighted by atomic mass is 10.0. The van der Waals surface area contributed by atoms with E-state index in [1.807, 2.05) is 4.90 Å². The first-order valence-corrected chi connectivity index (χ1v) is 12.7. The standard InChI is InChI=1S/C28H33N5O4/c1-30-12-9-23(10-13-30)31-14-16-32(17-15-31)26(34)19-33(24-6-4-21(5-7-24)28(36)37)27(35)22-3-2-20-8-11-29-25(20)18-22/h2-8,11,18,23,29H,9-10,12-17,19H2,1H3,(H,36,37)/i11D. The van der Waals surface area contributed by atoms with Crippen LogP contribution < -0.4 is 4.90 Å². The molecule has 2 aromatic carbocycles. The topological polar surface area (TPSA) is 100 Å². The number of nitrogens with zero attached hydrogens (tertiary/aromatic N) is 4. The van der Waals surface area contributed by atoms with Crippen LogP contribution in [0.1, 0.15) is 34.9 Å². The number of aromatic amines is 1. The molecule has 0 bridgehead atoms. The number of carboxylic acids is 1. The number of likely N-dealkylation sites (tertiary alicyclic amines) is 1. The van der Waals surface area contributed by atoms with Gasteiger partial charge in [0.25, 0.3) is 5.91 Å². The van der Waals surface area contributed by atoms with Gasteiger partial charge in [0.2, 0.25) is 5.91 Å². The molecule has 2 N–H and O–H groups in total. The highest BCUT2D eigenvalue weighted by atomic mass is 16.4. The number of fused-ring (bicyclic) bond motifs is 1. The van der Waals surface area contributed by atoms with Gasteiger partial charge in [-0.3, -0.25) is 19.4 Å². The number of aromatic carboxylic acids is 1. The van der Waals surface area contributed by atoms with Gasteiger partial charge >= 0.3 is 5.97 Å². The van der Waals surface area contributed by atoms with Gasteiger partial charge in [-0.05, 0) is 80.8 Å². The summed E-state index contributed by atoms with van der Waals surface area (Å²) >= 11 is 0. The van der Waals surface area contributed by atoms with Gasteiger partial charge in [0.1, 0.15) is 6.54 Å². The van der Waals surface area contributed by atoms with Crippen molar-refractivity contribution in [3.05, 3.63) is 65.8 Å². The lowest BCUT2D eigenvalue weighted by Crippen LogP contribution is -2.55. The maximum Gasteiger partial charge on any atom is 0.335 e. The molecule has 0 atom stereocenters. The van der Waals surface area contributed by atoms with E-state index in [-0.39, 0.29) is 30.1 Å². The Bertz CT molecular complexity index is 1320. The lowest BCUT2D eigenvalue weighted by Gasteiger charge is -2.42. The SMILES string of the molecule is [2H]c1cc2ccc(C(=O)N(CC(=O)N3CCN(C4CCN(C)CC4)CC3)c3ccc(C(=O)O)cc3)cc2[nH]1. The van der Waals surface area contributed by atoms with E-state index in [9.17, 15) is 19.5 Å². The van der Waals surface area contributed by atoms with Gasteiger partial charge in [-0.15, -0.1) is 0 Å². The maximum atomic E-state index is 13.7. The summed E-state index contributed by atoms with van der Waals surface area (Å²) in [7, 11) is 2.15. The molecule has 9 nitrogen and oxygen atoms in total. The van der Waals surface area contributed by atoms with Crippen LogP contribution in [0.3, 0.4) is 0 Å². The average molecular weight is 505 g/mol. The number of amides is 2. The number of nitrogens with one attached hydrogen (secondary N) is 1. The van der Waals surface area contributed by atoms with Crippen LogP contribution in [-0.2, 0) is 4.79 Å². The second-order valence-electron chi connectivity index (χ2n) is 9.91. The molecule has 0 spiro atoms. The van der Waals surface area contributed by atoms with Crippen molar-refractivity contribution in [2.75, 3.05) is 57.8 Å². The number of carbonyl (C=O) groups is 3. The largest absolute Gasteiger partial charge is 0.478 e. The summed E-state index contributed by atoms with van der Waals surface area (Å²) < 4.78 is 7.81. The molecule has 2 saturated heterocycles. The summed E-state index contributed by atoms with van der Waals surface area (Å²) in [5.41, 5.74) is 1.60. The molecule has 3 aromatic rings. The number of rotatable bonds is 6. The second-order valence-corrected chi connectivity index (χ2v) is 9.91. The summed E-state index contributed by atoms with van der Waals surface area (Å²) in [5, 5.41) is 10.1. The van der Waals surface area contributed by atoms with E-state index in [0.717, 1.165) is 44.4 Å². The predicted molar refractivity (Wildman–Crippen MR) is 142 cm³/mol. The second kappa shape index (κ2) is 10.7. The molecule has 0 saturated carbocycles. The fourth-order valence-electron chi connectivity index (χ4n) is 5.27. The van der Waals surface area contributed by atoms with Crippen molar-refractivity contribution in [3.8, 4) is 0 Å². The third-order valence-corrected chi connectivity index (χ3v) is 7.57. The summed E-state index contributed by atoms with van der Waals surface area (Å²) in [6, 6.07) is 13.4. The first kappa shape index (κ1) is 23.7. The molecule has 0 aliphatic carbocycles. The number of piperidine rings is 1. The maximum absolute atomic E-state index is 13.7. The highest BCUT2D eigenvalue weighted by Gasteiger charge is 2.30. The highest BCUT2D eigenvalue weighted by Crippen LogP contribution is 2.22. The Hall–Kier alpha value is -3.69. The molecule has 3 heterocycles. The van der Waals surface area contributed by atoms with Crippen LogP contribution in [0.5, 0.6) is 0 Å². The van der Waals surface area contributed by atoms with E-state index >= 15 is 0 Å². The van der Waals surface area contributed by atoms with Crippen LogP contribution in [0, 0.1) is 0 Å². The minimum absolute atomic E-state index is 0.105. The number of carboxylic acid groups (broad SMARTS) is 1. The molecule has 2 aliphatic heterocycles. The Morgan fingerprint density at radius 2 is 1.65 bits per heavy atom. The molecule has 194 valence electrons. The van der Waals surface area contributed by atoms with Gasteiger partial charge in [0.05, 0.1) is 6.93 Å². The quantitative estimate of drug-likeness (QED) is 0.536. The van der Waals surface area contributed by atoms with Crippen molar-refractivity contribution in [2.24, 2.45) is 0 Å². The third-order valence-electron chi connectivity index (χ3n) is 7.57. The number of H-pyrrole nitrogens is 1. The van der Waals surface area contributed by atoms with E-state index in [1.54, 1.807) is 36.4 Å². The monoisotopic (exact) mass is 504 g/mol. The molecule has 5 rings (SSSR count). The molecular weight excluding hydrogens is 470 g/mol. The molecule has 9 heteroatoms. The molecule has 2 fully saturated rings. The first-order chi connectivity index (χ1) is 18.3. The van der Waals surface area contributed by atoms with E-state index < -0.39 is 5.97 Å². The van der Waals surface area contributed by atoms with Crippen LogP contribution in [0.2, 0.25) is 0 Å². The molecular formula is C28H33N5O4. The van der Waals surface area contributed by atoms with E-state index in [1.165, 1.54) is 17.0 Å². The summed E-state index contributed by atoms with van der Waals surface area (Å²) in [6.45, 7) is 4.92. The smallest absolute Gasteiger partial charge is 0.335 e. The number of carbonyl (C=O) groups excluding carboxylic acids is 2. The van der Waals surface area contributed by atoms with Crippen LogP contribution in [0.15, 0.2) is 54.7 Å². The number of piperazine rings is 1. The van der Waals surface area contributed by atoms with Crippen molar-refractivity contribution >= 4 is 34.4 Å². The Balaban J connectivity index is 1.32. The summed E-state index contributed by atoms with van der Waals surface area (Å²) in [6.07, 6.45) is 2.54. The highest BCUT2D eigenvalue weighted by molar-refractivity contribution is 6.10. The number of hydrogen-bond acceptors (Lipinski definition) is 5. The van der Waals surface area contributed by atoms with Crippen LogP contribution >= 0.6 is 0 Å². The molecule has 37 heavy (non-hydrogen) atoms. The molecule has 0 unspecified atom stereocenters. The van der Waals surface area contributed by atoms with Gasteiger partial charge in [-0.25, -0.2) is 4.79 Å². The minimum Gasteiger partial charge on any atom is -0.478 e. The van der Waals surface area contributed by atoms with Crippen LogP contribution in [0.25, 0.3) is 10.9 Å². The zero-order valence-electron chi connectivity index (χ0n) is 22.0. The number of aromatic nitrogens is 1. The van der Waals surface area contributed by atoms with Crippen molar-refractivity contribution in [3.63, 3.8) is 0 Å². The average Bonchev–Trinajstić information content (AvgIpc) is 3.31. The minimum atomic E-state index is -1.06.